The minimum atomic E-state index is -0.563. The van der Waals surface area contributed by atoms with E-state index < -0.39 is 11.8 Å². The van der Waals surface area contributed by atoms with Crippen molar-refractivity contribution >= 4 is 23.6 Å². The predicted octanol–water partition coefficient (Wildman–Crippen LogP) is -0.406. The molecular weight excluding hydrogens is 338 g/mol. The van der Waals surface area contributed by atoms with E-state index in [9.17, 15) is 19.2 Å². The predicted molar refractivity (Wildman–Crippen MR) is 95.5 cm³/mol. The molecule has 142 valence electrons. The van der Waals surface area contributed by atoms with E-state index in [4.69, 9.17) is 0 Å². The van der Waals surface area contributed by atoms with Crippen LogP contribution in [-0.2, 0) is 9.59 Å². The first-order chi connectivity index (χ1) is 12.5. The van der Waals surface area contributed by atoms with Crippen LogP contribution in [0.5, 0.6) is 0 Å². The average molecular weight is 363 g/mol. The van der Waals surface area contributed by atoms with Gasteiger partial charge in [-0.25, -0.2) is 4.98 Å². The number of pyridine rings is 1. The third kappa shape index (κ3) is 7.73. The van der Waals surface area contributed by atoms with E-state index in [1.165, 1.54) is 18.2 Å². The van der Waals surface area contributed by atoms with Gasteiger partial charge in [0.1, 0.15) is 11.4 Å². The summed E-state index contributed by atoms with van der Waals surface area (Å²) in [4.78, 5) is 51.0. The lowest BCUT2D eigenvalue weighted by Crippen LogP contribution is -2.38. The molecule has 0 radical (unpaired) electrons. The van der Waals surface area contributed by atoms with Crippen molar-refractivity contribution < 1.29 is 19.2 Å². The molecule has 0 unspecified atom stereocenters. The molecule has 0 atom stereocenters. The van der Waals surface area contributed by atoms with Crippen molar-refractivity contribution in [2.24, 2.45) is 0 Å². The van der Waals surface area contributed by atoms with Crippen molar-refractivity contribution in [1.29, 1.82) is 0 Å². The molecule has 9 nitrogen and oxygen atoms in total. The molecule has 4 amide bonds. The van der Waals surface area contributed by atoms with E-state index >= 15 is 0 Å². The van der Waals surface area contributed by atoms with Gasteiger partial charge in [-0.05, 0) is 25.0 Å². The number of hydrogen-bond acceptors (Lipinski definition) is 5. The Morgan fingerprint density at radius 3 is 1.58 bits per heavy atom. The molecule has 0 aliphatic heterocycles. The van der Waals surface area contributed by atoms with E-state index in [1.807, 2.05) is 13.8 Å². The Morgan fingerprint density at radius 1 is 0.769 bits per heavy atom. The van der Waals surface area contributed by atoms with Crippen molar-refractivity contribution in [1.82, 2.24) is 26.3 Å². The Hall–Kier alpha value is -2.97. The first-order valence-corrected chi connectivity index (χ1v) is 8.54. The molecule has 1 rings (SSSR count). The largest absolute Gasteiger partial charge is 0.355 e. The monoisotopic (exact) mass is 363 g/mol. The normalized spacial score (nSPS) is 9.92. The summed E-state index contributed by atoms with van der Waals surface area (Å²) in [5, 5.41) is 10.1. The van der Waals surface area contributed by atoms with Crippen LogP contribution in [0.2, 0.25) is 0 Å². The number of aromatic nitrogens is 1. The van der Waals surface area contributed by atoms with Crippen LogP contribution in [-0.4, -0.2) is 54.8 Å². The van der Waals surface area contributed by atoms with Crippen LogP contribution >= 0.6 is 0 Å². The zero-order chi connectivity index (χ0) is 19.4. The van der Waals surface area contributed by atoms with Gasteiger partial charge < -0.3 is 21.3 Å². The van der Waals surface area contributed by atoms with Gasteiger partial charge in [-0.3, -0.25) is 19.2 Å². The van der Waals surface area contributed by atoms with E-state index in [2.05, 4.69) is 26.3 Å². The maximum atomic E-state index is 12.0. The first kappa shape index (κ1) is 21.1. The summed E-state index contributed by atoms with van der Waals surface area (Å²) in [5.74, 6) is -1.72. The number of rotatable bonds is 10. The quantitative estimate of drug-likeness (QED) is 0.449. The Balaban J connectivity index is 2.55. The molecule has 4 N–H and O–H groups in total. The fourth-order valence-electron chi connectivity index (χ4n) is 1.84. The molecule has 1 heterocycles. The van der Waals surface area contributed by atoms with Gasteiger partial charge in [0.05, 0.1) is 13.1 Å². The highest BCUT2D eigenvalue weighted by Crippen LogP contribution is 2.00. The molecule has 0 spiro atoms. The number of carbonyl (C=O) groups excluding carboxylic acids is 4. The van der Waals surface area contributed by atoms with Crippen molar-refractivity contribution in [3.8, 4) is 0 Å². The first-order valence-electron chi connectivity index (χ1n) is 8.54. The highest BCUT2D eigenvalue weighted by atomic mass is 16.2. The smallest absolute Gasteiger partial charge is 0.270 e. The minimum Gasteiger partial charge on any atom is -0.355 e. The summed E-state index contributed by atoms with van der Waals surface area (Å²) in [6.07, 6.45) is 1.60. The summed E-state index contributed by atoms with van der Waals surface area (Å²) in [6, 6.07) is 4.37. The van der Waals surface area contributed by atoms with Gasteiger partial charge in [-0.2, -0.15) is 0 Å². The second kappa shape index (κ2) is 11.6. The van der Waals surface area contributed by atoms with Crippen molar-refractivity contribution in [2.75, 3.05) is 26.2 Å². The van der Waals surface area contributed by atoms with Gasteiger partial charge >= 0.3 is 0 Å². The molecule has 0 aliphatic carbocycles. The number of nitrogens with one attached hydrogen (secondary N) is 4. The SMILES string of the molecule is CCCNC(=O)CNC(=O)c1cccc(C(=O)NCC(=O)NCCC)n1. The molecule has 9 heteroatoms. The lowest BCUT2D eigenvalue weighted by molar-refractivity contribution is -0.120. The fraction of sp³-hybridized carbons (Fsp3) is 0.471. The molecule has 0 saturated carbocycles. The fourth-order valence-corrected chi connectivity index (χ4v) is 1.84. The Morgan fingerprint density at radius 2 is 1.19 bits per heavy atom. The van der Waals surface area contributed by atoms with Gasteiger partial charge in [0.25, 0.3) is 11.8 Å². The summed E-state index contributed by atoms with van der Waals surface area (Å²) in [7, 11) is 0. The molecule has 1 aromatic rings. The maximum absolute atomic E-state index is 12.0. The summed E-state index contributed by atoms with van der Waals surface area (Å²) < 4.78 is 0. The molecule has 0 aromatic carbocycles. The van der Waals surface area contributed by atoms with E-state index in [0.717, 1.165) is 12.8 Å². The van der Waals surface area contributed by atoms with Crippen molar-refractivity contribution in [2.45, 2.75) is 26.7 Å². The lowest BCUT2D eigenvalue weighted by atomic mass is 10.2. The molecule has 0 fully saturated rings. The van der Waals surface area contributed by atoms with Crippen LogP contribution in [0.3, 0.4) is 0 Å². The molecule has 1 aromatic heterocycles. The number of carbonyl (C=O) groups is 4. The molecule has 26 heavy (non-hydrogen) atoms. The maximum Gasteiger partial charge on any atom is 0.270 e. The number of nitrogens with zero attached hydrogens (tertiary/aromatic N) is 1. The average Bonchev–Trinajstić information content (AvgIpc) is 2.66. The third-order valence-electron chi connectivity index (χ3n) is 3.18. The van der Waals surface area contributed by atoms with Gasteiger partial charge in [-0.15, -0.1) is 0 Å². The molecule has 0 bridgehead atoms. The van der Waals surface area contributed by atoms with Crippen LogP contribution < -0.4 is 21.3 Å². The van der Waals surface area contributed by atoms with E-state index in [1.54, 1.807) is 0 Å². The minimum absolute atomic E-state index is 0.0105. The van der Waals surface area contributed by atoms with Gasteiger partial charge in [-0.1, -0.05) is 19.9 Å². The second-order valence-electron chi connectivity index (χ2n) is 5.47. The van der Waals surface area contributed by atoms with Gasteiger partial charge in [0.2, 0.25) is 11.8 Å². The third-order valence-corrected chi connectivity index (χ3v) is 3.18. The highest BCUT2D eigenvalue weighted by Gasteiger charge is 2.14. The molecule has 0 saturated heterocycles. The Labute approximate surface area is 152 Å². The van der Waals surface area contributed by atoms with E-state index in [0.29, 0.717) is 13.1 Å². The van der Waals surface area contributed by atoms with Crippen LogP contribution in [0.1, 0.15) is 47.7 Å². The Bertz CT molecular complexity index is 597. The Kier molecular flexibility index (Phi) is 9.37. The van der Waals surface area contributed by atoms with E-state index in [-0.39, 0.29) is 36.3 Å². The second-order valence-corrected chi connectivity index (χ2v) is 5.47. The number of amides is 4. The van der Waals surface area contributed by atoms with Crippen LogP contribution in [0.4, 0.5) is 0 Å². The van der Waals surface area contributed by atoms with Crippen molar-refractivity contribution in [3.05, 3.63) is 29.6 Å². The summed E-state index contributed by atoms with van der Waals surface area (Å²) >= 11 is 0. The zero-order valence-electron chi connectivity index (χ0n) is 15.1. The van der Waals surface area contributed by atoms with Crippen LogP contribution in [0.25, 0.3) is 0 Å². The standard InChI is InChI=1S/C17H25N5O4/c1-3-8-18-14(23)10-20-16(25)12-6-5-7-13(22-12)17(26)21-11-15(24)19-9-4-2/h5-7H,3-4,8-11H2,1-2H3,(H,18,23)(H,19,24)(H,20,25)(H,21,26). The van der Waals surface area contributed by atoms with Gasteiger partial charge in [0, 0.05) is 13.1 Å². The van der Waals surface area contributed by atoms with Crippen LogP contribution in [0, 0.1) is 0 Å². The topological polar surface area (TPSA) is 129 Å². The summed E-state index contributed by atoms with van der Waals surface area (Å²) in [5.41, 5.74) is 0.0211. The number of hydrogen-bond donors (Lipinski definition) is 4. The lowest BCUT2D eigenvalue weighted by Gasteiger charge is -2.08. The van der Waals surface area contributed by atoms with Gasteiger partial charge in [0.15, 0.2) is 0 Å². The van der Waals surface area contributed by atoms with Crippen LogP contribution in [0.15, 0.2) is 18.2 Å². The summed E-state index contributed by atoms with van der Waals surface area (Å²) in [6.45, 7) is 4.57. The molecule has 0 aliphatic rings. The highest BCUT2D eigenvalue weighted by molar-refractivity contribution is 5.98. The van der Waals surface area contributed by atoms with Crippen molar-refractivity contribution in [3.63, 3.8) is 0 Å². The molecular formula is C17H25N5O4. The zero-order valence-corrected chi connectivity index (χ0v) is 15.1.